The van der Waals surface area contributed by atoms with Gasteiger partial charge in [0.05, 0.1) is 17.0 Å². The van der Waals surface area contributed by atoms with E-state index in [9.17, 15) is 14.4 Å². The molecular formula is C25H31N3O5S. The molecular weight excluding hydrogens is 454 g/mol. The second kappa shape index (κ2) is 13.3. The SMILES string of the molecule is CCOC(=O)c1csc(C(=O)N(C)C)c1C.CNC(=O)CO/C1=C/CC/C=C\c2cccnc21. The number of hydrogen-bond acceptors (Lipinski definition) is 7. The summed E-state index contributed by atoms with van der Waals surface area (Å²) in [6.07, 6.45) is 9.71. The Hall–Kier alpha value is -3.46. The number of nitrogens with one attached hydrogen (secondary N) is 1. The van der Waals surface area contributed by atoms with Crippen LogP contribution in [0.2, 0.25) is 0 Å². The van der Waals surface area contributed by atoms with Gasteiger partial charge in [0.2, 0.25) is 0 Å². The molecule has 34 heavy (non-hydrogen) atoms. The van der Waals surface area contributed by atoms with Gasteiger partial charge in [0.15, 0.2) is 6.61 Å². The van der Waals surface area contributed by atoms with Crippen LogP contribution in [0.25, 0.3) is 11.8 Å². The molecule has 0 unspecified atom stereocenters. The second-order valence-corrected chi connectivity index (χ2v) is 8.35. The molecule has 1 aliphatic carbocycles. The Kier molecular flexibility index (Phi) is 10.5. The molecule has 0 bridgehead atoms. The molecule has 3 rings (SSSR count). The molecule has 0 spiro atoms. The van der Waals surface area contributed by atoms with Crippen molar-refractivity contribution >= 4 is 41.0 Å². The number of pyridine rings is 1. The summed E-state index contributed by atoms with van der Waals surface area (Å²) in [5, 5.41) is 4.20. The van der Waals surface area contributed by atoms with Gasteiger partial charge < -0.3 is 19.7 Å². The van der Waals surface area contributed by atoms with Gasteiger partial charge in [0.25, 0.3) is 11.8 Å². The third-order valence-corrected chi connectivity index (χ3v) is 5.88. The number of carbonyl (C=O) groups is 3. The number of aromatic nitrogens is 1. The van der Waals surface area contributed by atoms with E-state index in [0.29, 0.717) is 28.4 Å². The van der Waals surface area contributed by atoms with Crippen molar-refractivity contribution in [2.75, 3.05) is 34.4 Å². The fraction of sp³-hybridized carbons (Fsp3) is 0.360. The van der Waals surface area contributed by atoms with Crippen molar-refractivity contribution in [1.82, 2.24) is 15.2 Å². The van der Waals surface area contributed by atoms with Crippen LogP contribution >= 0.6 is 11.3 Å². The van der Waals surface area contributed by atoms with Crippen molar-refractivity contribution < 1.29 is 23.9 Å². The molecule has 2 heterocycles. The predicted octanol–water partition coefficient (Wildman–Crippen LogP) is 3.93. The highest BCUT2D eigenvalue weighted by Gasteiger charge is 2.20. The zero-order valence-corrected chi connectivity index (χ0v) is 21.0. The van der Waals surface area contributed by atoms with Crippen LogP contribution in [0.4, 0.5) is 0 Å². The fourth-order valence-electron chi connectivity index (χ4n) is 2.96. The number of nitrogens with zero attached hydrogens (tertiary/aromatic N) is 2. The zero-order chi connectivity index (χ0) is 25.1. The molecule has 182 valence electrons. The number of carbonyl (C=O) groups excluding carboxylic acids is 3. The molecule has 1 aliphatic rings. The maximum Gasteiger partial charge on any atom is 0.339 e. The predicted molar refractivity (Wildman–Crippen MR) is 134 cm³/mol. The number of thiophene rings is 1. The van der Waals surface area contributed by atoms with Crippen molar-refractivity contribution in [1.29, 1.82) is 0 Å². The monoisotopic (exact) mass is 485 g/mol. The summed E-state index contributed by atoms with van der Waals surface area (Å²) in [5.41, 5.74) is 2.98. The summed E-state index contributed by atoms with van der Waals surface area (Å²) < 4.78 is 10.5. The topological polar surface area (TPSA) is 97.8 Å². The Morgan fingerprint density at radius 2 is 2.00 bits per heavy atom. The number of fused-ring (bicyclic) bond motifs is 1. The van der Waals surface area contributed by atoms with E-state index in [1.54, 1.807) is 46.6 Å². The number of allylic oxidation sites excluding steroid dienone is 2. The number of hydrogen-bond donors (Lipinski definition) is 1. The Bertz CT molecular complexity index is 1070. The van der Waals surface area contributed by atoms with Crippen molar-refractivity contribution in [3.63, 3.8) is 0 Å². The summed E-state index contributed by atoms with van der Waals surface area (Å²) in [7, 11) is 4.96. The van der Waals surface area contributed by atoms with E-state index in [2.05, 4.69) is 16.4 Å². The van der Waals surface area contributed by atoms with Gasteiger partial charge in [0.1, 0.15) is 11.5 Å². The molecule has 2 aromatic heterocycles. The van der Waals surface area contributed by atoms with Crippen LogP contribution in [-0.2, 0) is 14.3 Å². The number of likely N-dealkylation sites (N-methyl/N-ethyl adjacent to an activating group) is 1. The van der Waals surface area contributed by atoms with Crippen molar-refractivity contribution in [2.45, 2.75) is 26.7 Å². The molecule has 2 amide bonds. The van der Waals surface area contributed by atoms with E-state index in [1.165, 1.54) is 16.2 Å². The molecule has 9 heteroatoms. The molecule has 0 aromatic carbocycles. The van der Waals surface area contributed by atoms with Crippen LogP contribution in [0.15, 0.2) is 35.9 Å². The first-order chi connectivity index (χ1) is 16.3. The second-order valence-electron chi connectivity index (χ2n) is 7.47. The number of amides is 2. The lowest BCUT2D eigenvalue weighted by atomic mass is 10.1. The summed E-state index contributed by atoms with van der Waals surface area (Å²) >= 11 is 1.27. The molecule has 0 saturated carbocycles. The largest absolute Gasteiger partial charge is 0.482 e. The smallest absolute Gasteiger partial charge is 0.339 e. The fourth-order valence-corrected chi connectivity index (χ4v) is 4.04. The van der Waals surface area contributed by atoms with E-state index in [0.717, 1.165) is 24.1 Å². The van der Waals surface area contributed by atoms with E-state index in [4.69, 9.17) is 9.47 Å². The van der Waals surface area contributed by atoms with Crippen LogP contribution in [-0.4, -0.2) is 62.0 Å². The van der Waals surface area contributed by atoms with Gasteiger partial charge in [-0.25, -0.2) is 4.79 Å². The lowest BCUT2D eigenvalue weighted by Crippen LogP contribution is -2.23. The van der Waals surface area contributed by atoms with Crippen molar-refractivity contribution in [2.24, 2.45) is 0 Å². The van der Waals surface area contributed by atoms with E-state index in [1.807, 2.05) is 24.3 Å². The molecule has 1 N–H and O–H groups in total. The quantitative estimate of drug-likeness (QED) is 0.623. The van der Waals surface area contributed by atoms with E-state index in [-0.39, 0.29) is 24.4 Å². The van der Waals surface area contributed by atoms with Crippen LogP contribution in [0.5, 0.6) is 0 Å². The van der Waals surface area contributed by atoms with Gasteiger partial charge in [-0.1, -0.05) is 18.2 Å². The Labute approximate surface area is 204 Å². The summed E-state index contributed by atoms with van der Waals surface area (Å²) in [5.74, 6) is 0.0802. The van der Waals surface area contributed by atoms with Gasteiger partial charge in [-0.05, 0) is 44.4 Å². The van der Waals surface area contributed by atoms with Crippen molar-refractivity contribution in [3.05, 3.63) is 63.1 Å². The van der Waals surface area contributed by atoms with Crippen molar-refractivity contribution in [3.8, 4) is 0 Å². The van der Waals surface area contributed by atoms with Crippen LogP contribution in [0, 0.1) is 6.92 Å². The standard InChI is InChI=1S/C14H16N2O2.C11H15NO3S/c1-15-13(17)10-18-12-8-4-2-3-6-11-7-5-9-16-14(11)12;1-5-15-11(14)8-6-16-9(7(8)2)10(13)12(3)4/h3,5-9H,2,4,10H2,1H3,(H,15,17);6H,5H2,1-4H3/b6-3-,12-8+;. The first kappa shape index (κ1) is 26.8. The minimum absolute atomic E-state index is 0.0159. The van der Waals surface area contributed by atoms with E-state index >= 15 is 0 Å². The van der Waals surface area contributed by atoms with Gasteiger partial charge in [-0.15, -0.1) is 11.3 Å². The molecule has 0 radical (unpaired) electrons. The highest BCUT2D eigenvalue weighted by molar-refractivity contribution is 7.12. The maximum atomic E-state index is 11.7. The minimum atomic E-state index is -0.367. The normalized spacial score (nSPS) is 14.6. The van der Waals surface area contributed by atoms with Crippen LogP contribution in [0.3, 0.4) is 0 Å². The average Bonchev–Trinajstić information content (AvgIpc) is 3.20. The van der Waals surface area contributed by atoms with Gasteiger partial charge >= 0.3 is 5.97 Å². The molecule has 0 saturated heterocycles. The summed E-state index contributed by atoms with van der Waals surface area (Å²) in [6, 6.07) is 3.88. The summed E-state index contributed by atoms with van der Waals surface area (Å²) in [4.78, 5) is 40.9. The number of rotatable bonds is 6. The Morgan fingerprint density at radius 1 is 1.24 bits per heavy atom. The molecule has 0 atom stereocenters. The lowest BCUT2D eigenvalue weighted by Gasteiger charge is -2.13. The first-order valence-corrected chi connectivity index (χ1v) is 11.8. The lowest BCUT2D eigenvalue weighted by molar-refractivity contribution is -0.123. The molecule has 2 aromatic rings. The average molecular weight is 486 g/mol. The third kappa shape index (κ3) is 7.28. The van der Waals surface area contributed by atoms with Gasteiger partial charge in [-0.2, -0.15) is 0 Å². The first-order valence-electron chi connectivity index (χ1n) is 10.9. The van der Waals surface area contributed by atoms with Gasteiger partial charge in [-0.3, -0.25) is 14.6 Å². The molecule has 0 fully saturated rings. The summed E-state index contributed by atoms with van der Waals surface area (Å²) in [6.45, 7) is 3.87. The molecule has 0 aliphatic heterocycles. The van der Waals surface area contributed by atoms with E-state index < -0.39 is 0 Å². The minimum Gasteiger partial charge on any atom is -0.482 e. The van der Waals surface area contributed by atoms with Gasteiger partial charge in [0, 0.05) is 38.3 Å². The number of ether oxygens (including phenoxy) is 2. The third-order valence-electron chi connectivity index (χ3n) is 4.81. The Balaban J connectivity index is 0.000000242. The highest BCUT2D eigenvalue weighted by Crippen LogP contribution is 2.24. The van der Waals surface area contributed by atoms with Crippen LogP contribution in [0.1, 0.15) is 56.6 Å². The number of esters is 1. The maximum absolute atomic E-state index is 11.7. The molecule has 8 nitrogen and oxygen atoms in total. The Morgan fingerprint density at radius 3 is 2.68 bits per heavy atom. The zero-order valence-electron chi connectivity index (χ0n) is 20.2. The van der Waals surface area contributed by atoms with Crippen LogP contribution < -0.4 is 5.32 Å². The highest BCUT2D eigenvalue weighted by atomic mass is 32.1.